The molecule has 0 unspecified atom stereocenters. The van der Waals surface area contributed by atoms with E-state index in [9.17, 15) is 13.5 Å². The van der Waals surface area contributed by atoms with Gasteiger partial charge in [0.1, 0.15) is 0 Å². The van der Waals surface area contributed by atoms with E-state index in [2.05, 4.69) is 25.6 Å². The van der Waals surface area contributed by atoms with Gasteiger partial charge in [0.2, 0.25) is 0 Å². The number of rotatable bonds is 4. The van der Waals surface area contributed by atoms with E-state index >= 15 is 0 Å². The molecule has 0 amide bonds. The first-order chi connectivity index (χ1) is 13.3. The number of amidine groups is 1. The van der Waals surface area contributed by atoms with Gasteiger partial charge in [-0.3, -0.25) is 0 Å². The van der Waals surface area contributed by atoms with Crippen molar-refractivity contribution in [2.75, 3.05) is 5.32 Å². The molecule has 0 atom stereocenters. The average Bonchev–Trinajstić information content (AvgIpc) is 2.68. The third-order valence-electron chi connectivity index (χ3n) is 4.36. The van der Waals surface area contributed by atoms with E-state index in [1.54, 1.807) is 49.4 Å². The lowest BCUT2D eigenvalue weighted by Crippen LogP contribution is -2.17. The summed E-state index contributed by atoms with van der Waals surface area (Å²) in [5.74, 6) is 0.119. The Balaban J connectivity index is 2.09. The first kappa shape index (κ1) is 20.1. The zero-order chi connectivity index (χ0) is 20.3. The molecule has 3 aromatic carbocycles. The summed E-state index contributed by atoms with van der Waals surface area (Å²) in [5, 5.41) is 14.9. The van der Waals surface area contributed by atoms with Crippen molar-refractivity contribution in [1.82, 2.24) is 0 Å². The van der Waals surface area contributed by atoms with Gasteiger partial charge in [-0.1, -0.05) is 57.9 Å². The summed E-state index contributed by atoms with van der Waals surface area (Å²) in [6.45, 7) is 3.55. The number of nitrogens with zero attached hydrogens (tertiary/aromatic N) is 1. The van der Waals surface area contributed by atoms with Crippen LogP contribution in [0.4, 0.5) is 5.69 Å². The van der Waals surface area contributed by atoms with Crippen molar-refractivity contribution in [1.29, 1.82) is 0 Å². The number of hydrogen-bond donors (Lipinski definition) is 1. The third kappa shape index (κ3) is 4.43. The first-order valence-electron chi connectivity index (χ1n) is 8.48. The second-order valence-corrected chi connectivity index (χ2v) is 8.74. The zero-order valence-corrected chi connectivity index (χ0v) is 17.7. The number of hydrogen-bond acceptors (Lipinski definition) is 3. The molecule has 0 aliphatic carbocycles. The second kappa shape index (κ2) is 8.16. The van der Waals surface area contributed by atoms with Crippen molar-refractivity contribution in [2.45, 2.75) is 18.7 Å². The van der Waals surface area contributed by atoms with E-state index in [1.807, 2.05) is 13.0 Å². The van der Waals surface area contributed by atoms with E-state index in [0.717, 1.165) is 10.0 Å². The number of nitrogens with one attached hydrogen (secondary N) is 1. The standard InChI is InChI=1S/C21H19BrN2O3S/c1-14-15(2)20(25)13-12-19(14)23-21(16-6-4-3-5-7-16)24-28(26,27)18-10-8-17(22)9-11-18/h3-13,25H,1-2H3,(H,23,24)/p-1. The molecule has 5 nitrogen and oxygen atoms in total. The largest absolute Gasteiger partial charge is 0.872 e. The SMILES string of the molecule is Cc1c([O-])ccc(NC(=NS(=O)(=O)c2ccc(Br)cc2)c2ccccc2)c1C. The van der Waals surface area contributed by atoms with Crippen LogP contribution in [-0.2, 0) is 10.0 Å². The quantitative estimate of drug-likeness (QED) is 0.465. The first-order valence-corrected chi connectivity index (χ1v) is 10.7. The molecule has 0 aromatic heterocycles. The molecular weight excluding hydrogens is 440 g/mol. The fourth-order valence-corrected chi connectivity index (χ4v) is 3.82. The summed E-state index contributed by atoms with van der Waals surface area (Å²) in [4.78, 5) is 0.0914. The molecule has 1 N–H and O–H groups in total. The van der Waals surface area contributed by atoms with E-state index in [0.29, 0.717) is 16.8 Å². The Hall–Kier alpha value is -2.64. The molecule has 0 fully saturated rings. The lowest BCUT2D eigenvalue weighted by molar-refractivity contribution is -0.269. The van der Waals surface area contributed by atoms with Crippen molar-refractivity contribution in [3.8, 4) is 5.75 Å². The zero-order valence-electron chi connectivity index (χ0n) is 15.3. The van der Waals surface area contributed by atoms with Gasteiger partial charge in [-0.15, -0.1) is 10.1 Å². The molecule has 0 bridgehead atoms. The monoisotopic (exact) mass is 457 g/mol. The number of benzene rings is 3. The van der Waals surface area contributed by atoms with Crippen molar-refractivity contribution < 1.29 is 13.5 Å². The van der Waals surface area contributed by atoms with Crippen LogP contribution < -0.4 is 10.4 Å². The van der Waals surface area contributed by atoms with Crippen molar-refractivity contribution in [3.63, 3.8) is 0 Å². The minimum Gasteiger partial charge on any atom is -0.872 e. The molecule has 0 aliphatic rings. The van der Waals surface area contributed by atoms with Gasteiger partial charge in [-0.2, -0.15) is 8.42 Å². The fraction of sp³-hybridized carbons (Fsp3) is 0.0952. The van der Waals surface area contributed by atoms with Gasteiger partial charge in [0, 0.05) is 15.7 Å². The van der Waals surface area contributed by atoms with Crippen molar-refractivity contribution >= 4 is 37.5 Å². The highest BCUT2D eigenvalue weighted by atomic mass is 79.9. The Morgan fingerprint density at radius 3 is 2.21 bits per heavy atom. The third-order valence-corrected chi connectivity index (χ3v) is 6.18. The maximum absolute atomic E-state index is 12.8. The fourth-order valence-electron chi connectivity index (χ4n) is 2.58. The normalized spacial score (nSPS) is 12.0. The summed E-state index contributed by atoms with van der Waals surface area (Å²) in [6, 6.07) is 18.4. The molecule has 0 heterocycles. The molecule has 3 rings (SSSR count). The summed E-state index contributed by atoms with van der Waals surface area (Å²) in [5.41, 5.74) is 2.60. The predicted molar refractivity (Wildman–Crippen MR) is 113 cm³/mol. The highest BCUT2D eigenvalue weighted by Gasteiger charge is 2.16. The summed E-state index contributed by atoms with van der Waals surface area (Å²) in [6.07, 6.45) is 0. The Bertz CT molecular complexity index is 1130. The molecule has 3 aromatic rings. The summed E-state index contributed by atoms with van der Waals surface area (Å²) in [7, 11) is -3.93. The number of sulfonamides is 1. The maximum atomic E-state index is 12.8. The van der Waals surface area contributed by atoms with E-state index in [1.165, 1.54) is 18.2 Å². The lowest BCUT2D eigenvalue weighted by Gasteiger charge is -2.18. The number of anilines is 1. The van der Waals surface area contributed by atoms with Crippen LogP contribution in [0.1, 0.15) is 16.7 Å². The second-order valence-electron chi connectivity index (χ2n) is 6.22. The molecule has 28 heavy (non-hydrogen) atoms. The highest BCUT2D eigenvalue weighted by molar-refractivity contribution is 9.10. The molecular formula is C21H18BrN2O3S-. The lowest BCUT2D eigenvalue weighted by atomic mass is 10.1. The average molecular weight is 458 g/mol. The van der Waals surface area contributed by atoms with Gasteiger partial charge in [0.15, 0.2) is 5.84 Å². The highest BCUT2D eigenvalue weighted by Crippen LogP contribution is 2.26. The van der Waals surface area contributed by atoms with E-state index in [4.69, 9.17) is 0 Å². The Morgan fingerprint density at radius 1 is 0.929 bits per heavy atom. The molecule has 0 spiro atoms. The van der Waals surface area contributed by atoms with Crippen molar-refractivity contribution in [3.05, 3.63) is 87.9 Å². The van der Waals surface area contributed by atoms with Gasteiger partial charge in [0.05, 0.1) is 4.90 Å². The summed E-state index contributed by atoms with van der Waals surface area (Å²) < 4.78 is 30.5. The summed E-state index contributed by atoms with van der Waals surface area (Å²) >= 11 is 3.30. The van der Waals surface area contributed by atoms with E-state index in [-0.39, 0.29) is 16.5 Å². The van der Waals surface area contributed by atoms with Crippen LogP contribution in [0.5, 0.6) is 5.75 Å². The van der Waals surface area contributed by atoms with Crippen LogP contribution >= 0.6 is 15.9 Å². The van der Waals surface area contributed by atoms with Crippen LogP contribution in [-0.4, -0.2) is 14.3 Å². The Kier molecular flexibility index (Phi) is 5.86. The van der Waals surface area contributed by atoms with E-state index < -0.39 is 10.0 Å². The van der Waals surface area contributed by atoms with Gasteiger partial charge >= 0.3 is 0 Å². The van der Waals surface area contributed by atoms with Crippen LogP contribution in [0.2, 0.25) is 0 Å². The van der Waals surface area contributed by atoms with Crippen LogP contribution in [0.15, 0.2) is 80.5 Å². The van der Waals surface area contributed by atoms with Gasteiger partial charge in [-0.25, -0.2) is 0 Å². The van der Waals surface area contributed by atoms with Gasteiger partial charge in [0.25, 0.3) is 10.0 Å². The van der Waals surface area contributed by atoms with Crippen LogP contribution in [0, 0.1) is 13.8 Å². The Labute approximate surface area is 173 Å². The molecule has 0 saturated carbocycles. The van der Waals surface area contributed by atoms with Gasteiger partial charge < -0.3 is 10.4 Å². The van der Waals surface area contributed by atoms with Gasteiger partial charge in [-0.05, 0) is 49.7 Å². The number of halogens is 1. The smallest absolute Gasteiger partial charge is 0.284 e. The molecule has 144 valence electrons. The molecule has 0 radical (unpaired) electrons. The van der Waals surface area contributed by atoms with Crippen molar-refractivity contribution in [2.24, 2.45) is 4.40 Å². The molecule has 0 saturated heterocycles. The topological polar surface area (TPSA) is 81.6 Å². The maximum Gasteiger partial charge on any atom is 0.284 e. The Morgan fingerprint density at radius 2 is 1.57 bits per heavy atom. The predicted octanol–water partition coefficient (Wildman–Crippen LogP) is 4.39. The molecule has 0 aliphatic heterocycles. The van der Waals surface area contributed by atoms with Crippen LogP contribution in [0.25, 0.3) is 0 Å². The molecule has 7 heteroatoms. The minimum atomic E-state index is -3.93. The minimum absolute atomic E-state index is 0.0660. The van der Waals surface area contributed by atoms with Crippen LogP contribution in [0.3, 0.4) is 0 Å².